The third-order valence-corrected chi connectivity index (χ3v) is 2.21. The topological polar surface area (TPSA) is 12.0 Å². The van der Waals surface area contributed by atoms with Crippen LogP contribution in [-0.4, -0.2) is 6.54 Å². The van der Waals surface area contributed by atoms with Gasteiger partial charge in [0.05, 0.1) is 0 Å². The third-order valence-electron chi connectivity index (χ3n) is 2.21. The lowest BCUT2D eigenvalue weighted by Gasteiger charge is -2.12. The van der Waals surface area contributed by atoms with Crippen LogP contribution in [0, 0.1) is 5.92 Å². The standard InChI is InChI=1S/C12H19N/c1-3-7-11(2)10-13-12-8-5-4-6-9-12/h4-6,8-9,11,13H,3,7,10H2,1-2H3. The Balaban J connectivity index is 2.27. The average molecular weight is 177 g/mol. The largest absolute Gasteiger partial charge is 0.385 e. The maximum absolute atomic E-state index is 3.43. The second-order valence-corrected chi connectivity index (χ2v) is 3.64. The Hall–Kier alpha value is -0.980. The quantitative estimate of drug-likeness (QED) is 0.725. The van der Waals surface area contributed by atoms with Crippen molar-refractivity contribution in [3.8, 4) is 0 Å². The van der Waals surface area contributed by atoms with Crippen LogP contribution in [0.3, 0.4) is 0 Å². The van der Waals surface area contributed by atoms with Gasteiger partial charge in [-0.1, -0.05) is 38.5 Å². The van der Waals surface area contributed by atoms with Crippen LogP contribution < -0.4 is 5.32 Å². The highest BCUT2D eigenvalue weighted by Gasteiger charge is 1.99. The molecule has 72 valence electrons. The van der Waals surface area contributed by atoms with E-state index in [-0.39, 0.29) is 0 Å². The number of hydrogen-bond donors (Lipinski definition) is 1. The van der Waals surface area contributed by atoms with Crippen LogP contribution in [0.15, 0.2) is 30.3 Å². The molecule has 0 saturated heterocycles. The van der Waals surface area contributed by atoms with Crippen LogP contribution in [-0.2, 0) is 0 Å². The van der Waals surface area contributed by atoms with Crippen molar-refractivity contribution in [1.82, 2.24) is 0 Å². The SMILES string of the molecule is CCCC(C)CNc1ccccc1. The molecule has 0 heterocycles. The monoisotopic (exact) mass is 177 g/mol. The van der Waals surface area contributed by atoms with Crippen molar-refractivity contribution in [1.29, 1.82) is 0 Å². The van der Waals surface area contributed by atoms with Gasteiger partial charge in [0.2, 0.25) is 0 Å². The lowest BCUT2D eigenvalue weighted by atomic mass is 10.1. The number of benzene rings is 1. The minimum absolute atomic E-state index is 0.769. The van der Waals surface area contributed by atoms with Gasteiger partial charge < -0.3 is 5.32 Å². The van der Waals surface area contributed by atoms with Crippen LogP contribution in [0.25, 0.3) is 0 Å². The highest BCUT2D eigenvalue weighted by atomic mass is 14.9. The smallest absolute Gasteiger partial charge is 0.0340 e. The summed E-state index contributed by atoms with van der Waals surface area (Å²) in [6.07, 6.45) is 2.58. The van der Waals surface area contributed by atoms with Gasteiger partial charge in [-0.15, -0.1) is 0 Å². The summed E-state index contributed by atoms with van der Waals surface area (Å²) in [5, 5.41) is 3.43. The third kappa shape index (κ3) is 3.97. The maximum atomic E-state index is 3.43. The number of rotatable bonds is 5. The van der Waals surface area contributed by atoms with E-state index in [9.17, 15) is 0 Å². The van der Waals surface area contributed by atoms with Crippen LogP contribution in [0.1, 0.15) is 26.7 Å². The average Bonchev–Trinajstić information content (AvgIpc) is 2.17. The van der Waals surface area contributed by atoms with Gasteiger partial charge in [-0.2, -0.15) is 0 Å². The molecule has 1 rings (SSSR count). The Morgan fingerprint density at radius 2 is 1.92 bits per heavy atom. The van der Waals surface area contributed by atoms with Gasteiger partial charge in [0.1, 0.15) is 0 Å². The molecule has 1 heteroatoms. The van der Waals surface area contributed by atoms with E-state index in [2.05, 4.69) is 43.4 Å². The Morgan fingerprint density at radius 1 is 1.23 bits per heavy atom. The molecular formula is C12H19N. The number of para-hydroxylation sites is 1. The molecule has 0 aromatic heterocycles. The summed E-state index contributed by atoms with van der Waals surface area (Å²) >= 11 is 0. The molecule has 1 aromatic carbocycles. The van der Waals surface area contributed by atoms with Crippen molar-refractivity contribution >= 4 is 5.69 Å². The first-order valence-corrected chi connectivity index (χ1v) is 5.12. The van der Waals surface area contributed by atoms with Crippen molar-refractivity contribution in [2.45, 2.75) is 26.7 Å². The van der Waals surface area contributed by atoms with Gasteiger partial charge in [0.25, 0.3) is 0 Å². The Bertz CT molecular complexity index is 218. The van der Waals surface area contributed by atoms with E-state index >= 15 is 0 Å². The minimum Gasteiger partial charge on any atom is -0.385 e. The highest BCUT2D eigenvalue weighted by Crippen LogP contribution is 2.09. The van der Waals surface area contributed by atoms with Crippen LogP contribution >= 0.6 is 0 Å². The molecule has 0 spiro atoms. The molecule has 0 aliphatic heterocycles. The zero-order chi connectivity index (χ0) is 9.52. The molecule has 0 radical (unpaired) electrons. The molecule has 1 atom stereocenters. The second kappa shape index (κ2) is 5.63. The molecular weight excluding hydrogens is 158 g/mol. The van der Waals surface area contributed by atoms with Gasteiger partial charge in [-0.25, -0.2) is 0 Å². The maximum Gasteiger partial charge on any atom is 0.0340 e. The minimum atomic E-state index is 0.769. The Morgan fingerprint density at radius 3 is 2.54 bits per heavy atom. The van der Waals surface area contributed by atoms with Crippen LogP contribution in [0.2, 0.25) is 0 Å². The zero-order valence-corrected chi connectivity index (χ0v) is 8.59. The zero-order valence-electron chi connectivity index (χ0n) is 8.59. The number of anilines is 1. The van der Waals surface area contributed by atoms with Crippen molar-refractivity contribution < 1.29 is 0 Å². The molecule has 0 amide bonds. The fourth-order valence-electron chi connectivity index (χ4n) is 1.44. The molecule has 1 N–H and O–H groups in total. The van der Waals surface area contributed by atoms with Crippen LogP contribution in [0.5, 0.6) is 0 Å². The lowest BCUT2D eigenvalue weighted by molar-refractivity contribution is 0.551. The van der Waals surface area contributed by atoms with Gasteiger partial charge in [0.15, 0.2) is 0 Å². The normalized spacial score (nSPS) is 12.5. The van der Waals surface area contributed by atoms with E-state index in [0.29, 0.717) is 0 Å². The first-order valence-electron chi connectivity index (χ1n) is 5.12. The molecule has 0 fully saturated rings. The van der Waals surface area contributed by atoms with E-state index < -0.39 is 0 Å². The predicted octanol–water partition coefficient (Wildman–Crippen LogP) is 3.53. The molecule has 1 aromatic rings. The fourth-order valence-corrected chi connectivity index (χ4v) is 1.44. The summed E-state index contributed by atoms with van der Waals surface area (Å²) in [6, 6.07) is 10.4. The summed E-state index contributed by atoms with van der Waals surface area (Å²) in [6.45, 7) is 5.61. The van der Waals surface area contributed by atoms with E-state index in [1.54, 1.807) is 0 Å². The summed E-state index contributed by atoms with van der Waals surface area (Å²) in [4.78, 5) is 0. The predicted molar refractivity (Wildman–Crippen MR) is 59.0 cm³/mol. The van der Waals surface area contributed by atoms with E-state index in [0.717, 1.165) is 12.5 Å². The summed E-state index contributed by atoms with van der Waals surface area (Å²) in [7, 11) is 0. The first kappa shape index (κ1) is 10.1. The molecule has 0 aliphatic carbocycles. The lowest BCUT2D eigenvalue weighted by Crippen LogP contribution is -2.10. The Kier molecular flexibility index (Phi) is 4.37. The van der Waals surface area contributed by atoms with Crippen molar-refractivity contribution in [3.05, 3.63) is 30.3 Å². The van der Waals surface area contributed by atoms with Gasteiger partial charge >= 0.3 is 0 Å². The fraction of sp³-hybridized carbons (Fsp3) is 0.500. The van der Waals surface area contributed by atoms with Crippen molar-refractivity contribution in [3.63, 3.8) is 0 Å². The molecule has 0 saturated carbocycles. The Labute approximate surface area is 81.2 Å². The molecule has 13 heavy (non-hydrogen) atoms. The van der Waals surface area contributed by atoms with Gasteiger partial charge in [-0.05, 0) is 24.5 Å². The van der Waals surface area contributed by atoms with E-state index in [1.165, 1.54) is 18.5 Å². The molecule has 0 aliphatic rings. The van der Waals surface area contributed by atoms with E-state index in [1.807, 2.05) is 6.07 Å². The van der Waals surface area contributed by atoms with Crippen LogP contribution in [0.4, 0.5) is 5.69 Å². The first-order chi connectivity index (χ1) is 6.33. The number of hydrogen-bond acceptors (Lipinski definition) is 1. The van der Waals surface area contributed by atoms with Crippen molar-refractivity contribution in [2.75, 3.05) is 11.9 Å². The number of nitrogens with one attached hydrogen (secondary N) is 1. The molecule has 1 nitrogen and oxygen atoms in total. The molecule has 0 bridgehead atoms. The highest BCUT2D eigenvalue weighted by molar-refractivity contribution is 5.42. The summed E-state index contributed by atoms with van der Waals surface area (Å²) in [5.74, 6) is 0.769. The van der Waals surface area contributed by atoms with Crippen molar-refractivity contribution in [2.24, 2.45) is 5.92 Å². The van der Waals surface area contributed by atoms with E-state index in [4.69, 9.17) is 0 Å². The summed E-state index contributed by atoms with van der Waals surface area (Å²) < 4.78 is 0. The van der Waals surface area contributed by atoms with Gasteiger partial charge in [0, 0.05) is 12.2 Å². The molecule has 1 unspecified atom stereocenters. The second-order valence-electron chi connectivity index (χ2n) is 3.64. The van der Waals surface area contributed by atoms with Gasteiger partial charge in [-0.3, -0.25) is 0 Å². The summed E-state index contributed by atoms with van der Waals surface area (Å²) in [5.41, 5.74) is 1.23.